The molecule has 0 heterocycles. The molecule has 112 valence electrons. The van der Waals surface area contributed by atoms with Gasteiger partial charge in [0.2, 0.25) is 0 Å². The van der Waals surface area contributed by atoms with E-state index in [0.29, 0.717) is 23.6 Å². The molecule has 5 heteroatoms. The second-order valence-corrected chi connectivity index (χ2v) is 5.51. The molecule has 0 saturated heterocycles. The van der Waals surface area contributed by atoms with Gasteiger partial charge < -0.3 is 14.8 Å². The summed E-state index contributed by atoms with van der Waals surface area (Å²) in [5.41, 5.74) is 0.593. The summed E-state index contributed by atoms with van der Waals surface area (Å²) in [6.45, 7) is 0.717. The number of carbonyl (C=O) groups excluding carboxylic acids is 1. The maximum absolute atomic E-state index is 12.0. The maximum atomic E-state index is 12.0. The second kappa shape index (κ2) is 9.85. The number of ether oxygens (including phenoxy) is 2. The minimum Gasteiger partial charge on any atom is -0.493 e. The second-order valence-electron chi connectivity index (χ2n) is 4.43. The standard InChI is InChI=1S/C15H22INO3/c1-19-13-8-7-12(11-14(13)20-2)15(18)17-10-6-4-3-5-9-16/h7-8,11H,3-6,9-10H2,1-2H3,(H,17,18). The van der Waals surface area contributed by atoms with Gasteiger partial charge in [-0.3, -0.25) is 4.79 Å². The fourth-order valence-corrected chi connectivity index (χ4v) is 2.39. The van der Waals surface area contributed by atoms with E-state index in [9.17, 15) is 4.79 Å². The van der Waals surface area contributed by atoms with Gasteiger partial charge in [0.15, 0.2) is 11.5 Å². The fourth-order valence-electron chi connectivity index (χ4n) is 1.85. The van der Waals surface area contributed by atoms with E-state index in [1.807, 2.05) is 0 Å². The summed E-state index contributed by atoms with van der Waals surface area (Å²) < 4.78 is 11.5. The number of hydrogen-bond acceptors (Lipinski definition) is 3. The van der Waals surface area contributed by atoms with E-state index in [1.54, 1.807) is 32.4 Å². The van der Waals surface area contributed by atoms with Crippen LogP contribution in [0.15, 0.2) is 18.2 Å². The molecule has 1 rings (SSSR count). The Morgan fingerprint density at radius 1 is 1.10 bits per heavy atom. The monoisotopic (exact) mass is 391 g/mol. The SMILES string of the molecule is COc1ccc(C(=O)NCCCCCCI)cc1OC. The van der Waals surface area contributed by atoms with Crippen molar-refractivity contribution in [3.8, 4) is 11.5 Å². The van der Waals surface area contributed by atoms with Gasteiger partial charge in [-0.2, -0.15) is 0 Å². The number of amides is 1. The van der Waals surface area contributed by atoms with Crippen LogP contribution in [0.4, 0.5) is 0 Å². The highest BCUT2D eigenvalue weighted by Crippen LogP contribution is 2.27. The van der Waals surface area contributed by atoms with Crippen LogP contribution in [-0.4, -0.2) is 31.1 Å². The number of rotatable bonds is 9. The third-order valence-electron chi connectivity index (χ3n) is 2.99. The van der Waals surface area contributed by atoms with E-state index in [4.69, 9.17) is 9.47 Å². The molecular formula is C15H22INO3. The summed E-state index contributed by atoms with van der Waals surface area (Å²) in [4.78, 5) is 12.0. The van der Waals surface area contributed by atoms with Crippen LogP contribution in [-0.2, 0) is 0 Å². The highest BCUT2D eigenvalue weighted by Gasteiger charge is 2.09. The molecule has 20 heavy (non-hydrogen) atoms. The van der Waals surface area contributed by atoms with Crippen LogP contribution in [0.5, 0.6) is 11.5 Å². The summed E-state index contributed by atoms with van der Waals surface area (Å²) in [5.74, 6) is 1.13. The molecular weight excluding hydrogens is 369 g/mol. The lowest BCUT2D eigenvalue weighted by Gasteiger charge is -2.10. The molecule has 0 unspecified atom stereocenters. The molecule has 0 aliphatic rings. The summed E-state index contributed by atoms with van der Waals surface area (Å²) in [7, 11) is 3.14. The highest BCUT2D eigenvalue weighted by molar-refractivity contribution is 14.1. The zero-order valence-electron chi connectivity index (χ0n) is 12.1. The summed E-state index contributed by atoms with van der Waals surface area (Å²) in [6.07, 6.45) is 4.67. The van der Waals surface area contributed by atoms with Gasteiger partial charge in [0.1, 0.15) is 0 Å². The van der Waals surface area contributed by atoms with Gasteiger partial charge in [0, 0.05) is 12.1 Å². The van der Waals surface area contributed by atoms with Crippen LogP contribution in [0.25, 0.3) is 0 Å². The Labute approximate surface area is 134 Å². The molecule has 0 aliphatic carbocycles. The van der Waals surface area contributed by atoms with Gasteiger partial charge in [0.25, 0.3) is 5.91 Å². The molecule has 0 fully saturated rings. The fraction of sp³-hybridized carbons (Fsp3) is 0.533. The summed E-state index contributed by atoms with van der Waals surface area (Å²) in [5, 5.41) is 2.93. The quantitative estimate of drug-likeness (QED) is 0.399. The van der Waals surface area contributed by atoms with Gasteiger partial charge in [-0.25, -0.2) is 0 Å². The third kappa shape index (κ3) is 5.56. The molecule has 0 bridgehead atoms. The van der Waals surface area contributed by atoms with Gasteiger partial charge in [-0.1, -0.05) is 35.4 Å². The van der Waals surface area contributed by atoms with E-state index < -0.39 is 0 Å². The number of methoxy groups -OCH3 is 2. The molecule has 1 N–H and O–H groups in total. The molecule has 0 aromatic heterocycles. The van der Waals surface area contributed by atoms with E-state index >= 15 is 0 Å². The first-order chi connectivity index (χ1) is 9.72. The number of unbranched alkanes of at least 4 members (excludes halogenated alkanes) is 3. The molecule has 1 aromatic rings. The first-order valence-electron chi connectivity index (χ1n) is 6.79. The Morgan fingerprint density at radius 2 is 1.80 bits per heavy atom. The van der Waals surface area contributed by atoms with Crippen molar-refractivity contribution in [1.29, 1.82) is 0 Å². The Kier molecular flexibility index (Phi) is 8.41. The number of benzene rings is 1. The summed E-state index contributed by atoms with van der Waals surface area (Å²) in [6, 6.07) is 5.19. The molecule has 4 nitrogen and oxygen atoms in total. The topological polar surface area (TPSA) is 47.6 Å². The van der Waals surface area contributed by atoms with Crippen molar-refractivity contribution < 1.29 is 14.3 Å². The lowest BCUT2D eigenvalue weighted by atomic mass is 10.1. The van der Waals surface area contributed by atoms with Crippen LogP contribution in [0, 0.1) is 0 Å². The van der Waals surface area contributed by atoms with E-state index in [2.05, 4.69) is 27.9 Å². The van der Waals surface area contributed by atoms with Crippen molar-refractivity contribution in [2.75, 3.05) is 25.2 Å². The van der Waals surface area contributed by atoms with Crippen molar-refractivity contribution >= 4 is 28.5 Å². The van der Waals surface area contributed by atoms with Crippen molar-refractivity contribution in [1.82, 2.24) is 5.32 Å². The van der Waals surface area contributed by atoms with Gasteiger partial charge in [-0.15, -0.1) is 0 Å². The predicted molar refractivity (Wildman–Crippen MR) is 89.2 cm³/mol. The first-order valence-corrected chi connectivity index (χ1v) is 8.31. The van der Waals surface area contributed by atoms with Crippen molar-refractivity contribution in [3.05, 3.63) is 23.8 Å². The zero-order chi connectivity index (χ0) is 14.8. The maximum Gasteiger partial charge on any atom is 0.251 e. The minimum absolute atomic E-state index is 0.0696. The Balaban J connectivity index is 2.43. The number of halogens is 1. The molecule has 0 aliphatic heterocycles. The van der Waals surface area contributed by atoms with E-state index in [-0.39, 0.29) is 5.91 Å². The molecule has 0 saturated carbocycles. The van der Waals surface area contributed by atoms with Crippen LogP contribution in [0.3, 0.4) is 0 Å². The average molecular weight is 391 g/mol. The van der Waals surface area contributed by atoms with Crippen molar-refractivity contribution in [3.63, 3.8) is 0 Å². The zero-order valence-corrected chi connectivity index (χ0v) is 14.2. The third-order valence-corrected chi connectivity index (χ3v) is 3.75. The average Bonchev–Trinajstić information content (AvgIpc) is 2.49. The molecule has 0 spiro atoms. The number of hydrogen-bond donors (Lipinski definition) is 1. The number of nitrogens with one attached hydrogen (secondary N) is 1. The van der Waals surface area contributed by atoms with Crippen LogP contribution < -0.4 is 14.8 Å². The molecule has 1 amide bonds. The lowest BCUT2D eigenvalue weighted by Crippen LogP contribution is -2.24. The van der Waals surface area contributed by atoms with Crippen LogP contribution in [0.1, 0.15) is 36.0 Å². The largest absolute Gasteiger partial charge is 0.493 e. The predicted octanol–water partition coefficient (Wildman–Crippen LogP) is 3.43. The van der Waals surface area contributed by atoms with Gasteiger partial charge >= 0.3 is 0 Å². The van der Waals surface area contributed by atoms with Crippen LogP contribution >= 0.6 is 22.6 Å². The molecule has 0 atom stereocenters. The first kappa shape index (κ1) is 17.1. The summed E-state index contributed by atoms with van der Waals surface area (Å²) >= 11 is 2.39. The smallest absolute Gasteiger partial charge is 0.251 e. The highest BCUT2D eigenvalue weighted by atomic mass is 127. The van der Waals surface area contributed by atoms with Gasteiger partial charge in [-0.05, 0) is 35.5 Å². The van der Waals surface area contributed by atoms with Gasteiger partial charge in [0.05, 0.1) is 14.2 Å². The minimum atomic E-state index is -0.0696. The number of carbonyl (C=O) groups is 1. The number of alkyl halides is 1. The van der Waals surface area contributed by atoms with E-state index in [1.165, 1.54) is 17.3 Å². The van der Waals surface area contributed by atoms with Crippen molar-refractivity contribution in [2.24, 2.45) is 0 Å². The lowest BCUT2D eigenvalue weighted by molar-refractivity contribution is 0.0952. The normalized spacial score (nSPS) is 10.2. The Morgan fingerprint density at radius 3 is 2.45 bits per heavy atom. The van der Waals surface area contributed by atoms with E-state index in [0.717, 1.165) is 12.8 Å². The van der Waals surface area contributed by atoms with Crippen LogP contribution in [0.2, 0.25) is 0 Å². The Bertz CT molecular complexity index is 424. The Hall–Kier alpha value is -0.980. The molecule has 1 aromatic carbocycles. The molecule has 0 radical (unpaired) electrons. The van der Waals surface area contributed by atoms with Crippen molar-refractivity contribution in [2.45, 2.75) is 25.7 Å².